The maximum atomic E-state index is 7.41. The molecule has 0 saturated heterocycles. The molecule has 19 rings (SSSR count). The van der Waals surface area contributed by atoms with Gasteiger partial charge in [-0.3, -0.25) is 0 Å². The smallest absolute Gasteiger partial charge is 0.0619 e. The summed E-state index contributed by atoms with van der Waals surface area (Å²) in [5.41, 5.74) is 44.1. The second kappa shape index (κ2) is 24.9. The number of hydrogen-bond acceptors (Lipinski definition) is 3. The van der Waals surface area contributed by atoms with Crippen LogP contribution in [0.4, 0.5) is 39.8 Å². The van der Waals surface area contributed by atoms with Crippen molar-refractivity contribution in [2.75, 3.05) is 15.5 Å². The minimum atomic E-state index is -0.281. The lowest BCUT2D eigenvalue weighted by atomic mass is 9.71. The molecular weight excluding hydrogens is 1270 g/mol. The van der Waals surface area contributed by atoms with Crippen molar-refractivity contribution < 1.29 is 0 Å². The highest BCUT2D eigenvalue weighted by Gasteiger charge is 2.45. The van der Waals surface area contributed by atoms with E-state index < -0.39 is 0 Å². The lowest BCUT2D eigenvalue weighted by Gasteiger charge is -2.47. The van der Waals surface area contributed by atoms with Gasteiger partial charge >= 0.3 is 0 Å². The Labute approximate surface area is 616 Å². The van der Waals surface area contributed by atoms with Crippen LogP contribution in [0.25, 0.3) is 94.3 Å². The highest BCUT2D eigenvalue weighted by atomic mass is 15.2. The third kappa shape index (κ3) is 10.7. The predicted octanol–water partition coefficient (Wildman–Crippen LogP) is 26.8. The number of anilines is 7. The number of rotatable bonds is 10. The zero-order valence-electron chi connectivity index (χ0n) is 60.1. The summed E-state index contributed by atoms with van der Waals surface area (Å²) in [5, 5.41) is 2.50. The summed E-state index contributed by atoms with van der Waals surface area (Å²) in [7, 11) is 0. The van der Waals surface area contributed by atoms with Crippen LogP contribution in [-0.2, 0) is 17.3 Å². The van der Waals surface area contributed by atoms with Gasteiger partial charge in [0.05, 0.1) is 45.2 Å². The molecule has 16 aromatic rings. The number of benzene rings is 15. The maximum absolute atomic E-state index is 7.41. The van der Waals surface area contributed by atoms with Crippen LogP contribution in [0.5, 0.6) is 0 Å². The van der Waals surface area contributed by atoms with Crippen LogP contribution in [-0.4, -0.2) is 4.57 Å². The number of nitrogens with two attached hydrogens (primary N) is 1. The largest absolute Gasteiger partial charge is 0.399 e. The Morgan fingerprint density at radius 1 is 0.295 bits per heavy atom. The first-order chi connectivity index (χ1) is 51.3. The quantitative estimate of drug-likeness (QED) is 0.139. The molecule has 0 amide bonds. The predicted molar refractivity (Wildman–Crippen MR) is 442 cm³/mol. The lowest BCUT2D eigenvalue weighted by molar-refractivity contribution is 0.590. The van der Waals surface area contributed by atoms with E-state index in [9.17, 15) is 0 Å². The first kappa shape index (κ1) is 63.4. The molecule has 0 bridgehead atoms. The Balaban J connectivity index is 1.00. The molecule has 2 aliphatic heterocycles. The van der Waals surface area contributed by atoms with E-state index in [2.05, 4.69) is 396 Å². The van der Waals surface area contributed by atoms with E-state index in [0.717, 1.165) is 113 Å². The van der Waals surface area contributed by atoms with Gasteiger partial charge in [-0.2, -0.15) is 0 Å². The molecule has 1 atom stereocenters. The fraction of sp³-hybridized carbons (Fsp3) is 0.109. The van der Waals surface area contributed by atoms with Crippen molar-refractivity contribution in [1.82, 2.24) is 4.57 Å². The molecule has 0 spiro atoms. The van der Waals surface area contributed by atoms with E-state index in [4.69, 9.17) is 5.73 Å². The zero-order valence-corrected chi connectivity index (χ0v) is 60.1. The van der Waals surface area contributed by atoms with E-state index >= 15 is 0 Å². The number of hydrogen-bond donors (Lipinski definition) is 1. The summed E-state index contributed by atoms with van der Waals surface area (Å²) >= 11 is 0. The average Bonchev–Trinajstić information content (AvgIpc) is 1.15. The Morgan fingerprint density at radius 3 is 1.06 bits per heavy atom. The van der Waals surface area contributed by atoms with Crippen molar-refractivity contribution in [2.24, 2.45) is 0 Å². The van der Waals surface area contributed by atoms with Gasteiger partial charge in [0.1, 0.15) is 0 Å². The molecule has 2 N–H and O–H groups in total. The van der Waals surface area contributed by atoms with Crippen molar-refractivity contribution >= 4 is 61.6 Å². The van der Waals surface area contributed by atoms with Gasteiger partial charge in [0.2, 0.25) is 0 Å². The van der Waals surface area contributed by atoms with E-state index in [1.165, 1.54) is 77.4 Å². The summed E-state index contributed by atoms with van der Waals surface area (Å²) < 4.78 is 2.55. The van der Waals surface area contributed by atoms with Crippen molar-refractivity contribution in [3.8, 4) is 72.4 Å². The summed E-state index contributed by atoms with van der Waals surface area (Å²) in [5.74, 6) is -0.430. The van der Waals surface area contributed by atoms with Crippen molar-refractivity contribution in [3.05, 3.63) is 395 Å². The second-order valence-corrected chi connectivity index (χ2v) is 31.0. The third-order valence-corrected chi connectivity index (χ3v) is 22.5. The van der Waals surface area contributed by atoms with Crippen LogP contribution in [0.3, 0.4) is 0 Å². The molecule has 1 aliphatic carbocycles. The monoisotopic (exact) mass is 1350 g/mol. The van der Waals surface area contributed by atoms with E-state index in [1.54, 1.807) is 0 Å². The van der Waals surface area contributed by atoms with Gasteiger partial charge in [0.25, 0.3) is 0 Å². The number of nitrogen functional groups attached to an aromatic ring is 1. The minimum absolute atomic E-state index is 0.0686. The number of fused-ring (bicyclic) bond motifs is 9. The first-order valence-electron chi connectivity index (χ1n) is 37.0. The van der Waals surface area contributed by atoms with Gasteiger partial charge in [0.15, 0.2) is 0 Å². The molecule has 0 fully saturated rings. The molecule has 105 heavy (non-hydrogen) atoms. The van der Waals surface area contributed by atoms with Crippen molar-refractivity contribution in [3.63, 3.8) is 0 Å². The maximum Gasteiger partial charge on any atom is 0.0619 e. The van der Waals surface area contributed by atoms with Gasteiger partial charge in [-0.15, -0.1) is 0 Å². The fourth-order valence-corrected chi connectivity index (χ4v) is 17.4. The highest BCUT2D eigenvalue weighted by Crippen LogP contribution is 2.65. The Bertz CT molecular complexity index is 5840. The molecule has 0 radical (unpaired) electrons. The normalized spacial score (nSPS) is 13.8. The van der Waals surface area contributed by atoms with Crippen LogP contribution >= 0.6 is 0 Å². The molecule has 15 aromatic carbocycles. The zero-order chi connectivity index (χ0) is 70.8. The molecule has 1 unspecified atom stereocenters. The van der Waals surface area contributed by atoms with Crippen LogP contribution < -0.4 is 15.5 Å². The van der Waals surface area contributed by atoms with Crippen LogP contribution in [0.2, 0.25) is 0 Å². The third-order valence-electron chi connectivity index (χ3n) is 22.5. The van der Waals surface area contributed by atoms with Crippen LogP contribution in [0.15, 0.2) is 340 Å². The van der Waals surface area contributed by atoms with E-state index in [-0.39, 0.29) is 22.7 Å². The molecule has 1 aromatic heterocycles. The fourth-order valence-electron chi connectivity index (χ4n) is 17.4. The number of nitrogens with zero attached hydrogens (tertiary/aromatic N) is 3. The molecule has 4 heteroatoms. The SMILES string of the molecule is CC(C)(C)c1ccc2c(c1)c1cc(C(C)(C)C)ccc1n2-c1ccc2c(c1)N(c1c(-c3ccccc3)cc(-c3ccccc3)cc1-c1ccccc1)c1cc(C3c4ccccc4Cc4ccccc43)cc3c1C2c1ccc(N)cc1N3c1c(-c2ccccc2)cc(-c2ccccc2)cc1-c1ccccc1. The minimum Gasteiger partial charge on any atom is -0.399 e. The van der Waals surface area contributed by atoms with E-state index in [0.29, 0.717) is 5.69 Å². The first-order valence-corrected chi connectivity index (χ1v) is 37.0. The topological polar surface area (TPSA) is 37.4 Å². The standard InChI is InChI=1S/C101H80N4/c1-100(2,3)75-45-51-89-87(60-75)88-61-76(101(4,5)6)46-52-90(88)103(89)78-48-50-82-92(63-78)105(99-85(68-37-21-11-22-38-68)56-73(65-31-15-8-16-32-65)57-86(99)69-39-23-12-24-40-69)94-59-74(95-79-43-27-25-41-70(79)53-71-42-26-28-44-80(71)95)58-93-97(94)96(82)81-49-47-77(102)62-91(81)104(93)98-83(66-33-17-9-18-34-66)54-72(64-29-13-7-14-30-64)55-84(98)67-35-19-10-20-36-67/h7-52,54-63,95-96H,53,102H2,1-6H3. The van der Waals surface area contributed by atoms with Crippen molar-refractivity contribution in [1.29, 1.82) is 0 Å². The highest BCUT2D eigenvalue weighted by molar-refractivity contribution is 6.12. The average molecular weight is 1350 g/mol. The molecule has 0 saturated carbocycles. The Morgan fingerprint density at radius 2 is 0.657 bits per heavy atom. The molecular formula is C101H80N4. The number of aromatic nitrogens is 1. The van der Waals surface area contributed by atoms with Crippen LogP contribution in [0, 0.1) is 0 Å². The van der Waals surface area contributed by atoms with Gasteiger partial charge in [0, 0.05) is 61.8 Å². The van der Waals surface area contributed by atoms with Crippen molar-refractivity contribution in [2.45, 2.75) is 70.6 Å². The van der Waals surface area contributed by atoms with E-state index in [1.807, 2.05) is 0 Å². The lowest BCUT2D eigenvalue weighted by Crippen LogP contribution is -2.31. The molecule has 3 aliphatic rings. The van der Waals surface area contributed by atoms with Gasteiger partial charge < -0.3 is 20.1 Å². The van der Waals surface area contributed by atoms with Crippen LogP contribution in [0.1, 0.15) is 109 Å². The Hall–Kier alpha value is -12.5. The second-order valence-electron chi connectivity index (χ2n) is 31.0. The Kier molecular flexibility index (Phi) is 15.0. The summed E-state index contributed by atoms with van der Waals surface area (Å²) in [4.78, 5) is 5.38. The molecule has 3 heterocycles. The molecule has 4 nitrogen and oxygen atoms in total. The summed E-state index contributed by atoms with van der Waals surface area (Å²) in [6, 6.07) is 128. The molecule has 504 valence electrons. The van der Waals surface area contributed by atoms with Gasteiger partial charge in [-0.25, -0.2) is 0 Å². The summed E-state index contributed by atoms with van der Waals surface area (Å²) in [6.07, 6.45) is 0.852. The summed E-state index contributed by atoms with van der Waals surface area (Å²) in [6.45, 7) is 14.0. The van der Waals surface area contributed by atoms with Gasteiger partial charge in [-0.1, -0.05) is 296 Å². The van der Waals surface area contributed by atoms with Gasteiger partial charge in [-0.05, 0) is 197 Å².